The molecule has 29 heavy (non-hydrogen) atoms. The Morgan fingerprint density at radius 3 is 2.76 bits per heavy atom. The van der Waals surface area contributed by atoms with Crippen molar-refractivity contribution in [2.24, 2.45) is 0 Å². The topological polar surface area (TPSA) is 117 Å². The Bertz CT molecular complexity index is 1170. The zero-order valence-corrected chi connectivity index (χ0v) is 14.9. The van der Waals surface area contributed by atoms with Crippen molar-refractivity contribution in [1.82, 2.24) is 29.9 Å². The Labute approximate surface area is 161 Å². The summed E-state index contributed by atoms with van der Waals surface area (Å²) in [5.74, 6) is -0.00978. The van der Waals surface area contributed by atoms with E-state index in [1.807, 2.05) is 0 Å². The molecule has 0 bridgehead atoms. The number of pyridine rings is 1. The predicted octanol–water partition coefficient (Wildman–Crippen LogP) is 2.91. The number of fused-ring (bicyclic) bond motifs is 1. The van der Waals surface area contributed by atoms with Crippen LogP contribution in [-0.4, -0.2) is 36.3 Å². The van der Waals surface area contributed by atoms with Gasteiger partial charge in [-0.25, -0.2) is 15.1 Å². The van der Waals surface area contributed by atoms with E-state index >= 15 is 0 Å². The van der Waals surface area contributed by atoms with Crippen molar-refractivity contribution >= 4 is 17.0 Å². The fourth-order valence-electron chi connectivity index (χ4n) is 2.70. The number of nitrogens with two attached hydrogens (primary N) is 1. The van der Waals surface area contributed by atoms with Gasteiger partial charge < -0.3 is 19.8 Å². The summed E-state index contributed by atoms with van der Waals surface area (Å²) in [4.78, 5) is 8.07. The number of benzene rings is 1. The number of ether oxygens (including phenoxy) is 2. The van der Waals surface area contributed by atoms with Gasteiger partial charge in [-0.05, 0) is 19.1 Å². The summed E-state index contributed by atoms with van der Waals surface area (Å²) in [6, 6.07) is 5.80. The van der Waals surface area contributed by atoms with E-state index in [4.69, 9.17) is 10.5 Å². The van der Waals surface area contributed by atoms with E-state index in [2.05, 4.69) is 30.1 Å². The molecular weight excluding hydrogens is 391 g/mol. The number of nitrogens with zero attached hydrogens (tertiary/aromatic N) is 5. The summed E-state index contributed by atoms with van der Waals surface area (Å²) < 4.78 is 50.2. The number of nitrogen functional groups attached to an aromatic ring is 1. The molecule has 9 nitrogen and oxygen atoms in total. The Morgan fingerprint density at radius 1 is 1.21 bits per heavy atom. The van der Waals surface area contributed by atoms with Crippen molar-refractivity contribution in [2.75, 3.05) is 5.73 Å². The molecule has 0 atom stereocenters. The van der Waals surface area contributed by atoms with Gasteiger partial charge in [-0.3, -0.25) is 0 Å². The molecule has 0 saturated carbocycles. The van der Waals surface area contributed by atoms with Crippen LogP contribution in [0.25, 0.3) is 16.9 Å². The standard InChI is InChI=1S/C17H14F3N7O2/c1-9-6-27(8-22-9)11-3-2-10(12(4-11)29-17(18,19)20)7-28-13-5-14(21)23-16-15(13)24-26-25-16/h2-6,8H,7H2,1H3,(H3,21,23,24,25,26). The third-order valence-electron chi connectivity index (χ3n) is 3.95. The average Bonchev–Trinajstić information content (AvgIpc) is 3.27. The van der Waals surface area contributed by atoms with Crippen LogP contribution in [0, 0.1) is 6.92 Å². The van der Waals surface area contributed by atoms with Gasteiger partial charge in [0.15, 0.2) is 16.9 Å². The van der Waals surface area contributed by atoms with Crippen LogP contribution in [0.3, 0.4) is 0 Å². The second-order valence-corrected chi connectivity index (χ2v) is 6.11. The molecule has 0 saturated heterocycles. The van der Waals surface area contributed by atoms with Crippen LogP contribution < -0.4 is 15.2 Å². The number of aryl methyl sites for hydroxylation is 1. The quantitative estimate of drug-likeness (QED) is 0.524. The lowest BCUT2D eigenvalue weighted by atomic mass is 10.2. The number of alkyl halides is 3. The van der Waals surface area contributed by atoms with Crippen molar-refractivity contribution in [3.63, 3.8) is 0 Å². The Kier molecular flexibility index (Phi) is 4.45. The third kappa shape index (κ3) is 4.05. The maximum Gasteiger partial charge on any atom is 0.573 e. The van der Waals surface area contributed by atoms with Crippen LogP contribution in [-0.2, 0) is 6.61 Å². The van der Waals surface area contributed by atoms with Crippen LogP contribution in [0.5, 0.6) is 11.5 Å². The van der Waals surface area contributed by atoms with Crippen molar-refractivity contribution in [3.05, 3.63) is 48.0 Å². The van der Waals surface area contributed by atoms with Gasteiger partial charge in [0.05, 0.1) is 17.7 Å². The largest absolute Gasteiger partial charge is 0.573 e. The molecule has 3 aromatic heterocycles. The first kappa shape index (κ1) is 18.5. The van der Waals surface area contributed by atoms with Gasteiger partial charge in [0.25, 0.3) is 0 Å². The number of halogens is 3. The molecule has 0 unspecified atom stereocenters. The first-order valence-corrected chi connectivity index (χ1v) is 8.28. The summed E-state index contributed by atoms with van der Waals surface area (Å²) in [7, 11) is 0. The number of anilines is 1. The monoisotopic (exact) mass is 405 g/mol. The Balaban J connectivity index is 1.65. The van der Waals surface area contributed by atoms with Crippen LogP contribution in [0.1, 0.15) is 11.3 Å². The second kappa shape index (κ2) is 6.96. The molecule has 1 aromatic carbocycles. The smallest absolute Gasteiger partial charge is 0.486 e. The van der Waals surface area contributed by atoms with E-state index in [9.17, 15) is 13.2 Å². The van der Waals surface area contributed by atoms with Gasteiger partial charge >= 0.3 is 6.36 Å². The molecular formula is C17H14F3N7O2. The molecule has 0 aliphatic heterocycles. The number of hydrogen-bond donors (Lipinski definition) is 2. The highest BCUT2D eigenvalue weighted by Crippen LogP contribution is 2.31. The molecule has 3 N–H and O–H groups in total. The van der Waals surface area contributed by atoms with Crippen LogP contribution >= 0.6 is 0 Å². The number of aromatic amines is 1. The fourth-order valence-corrected chi connectivity index (χ4v) is 2.70. The molecule has 0 amide bonds. The fraction of sp³-hybridized carbons (Fsp3) is 0.176. The molecule has 0 spiro atoms. The van der Waals surface area contributed by atoms with Gasteiger partial charge in [0, 0.05) is 23.9 Å². The third-order valence-corrected chi connectivity index (χ3v) is 3.95. The highest BCUT2D eigenvalue weighted by atomic mass is 19.4. The molecule has 0 aliphatic rings. The molecule has 0 fully saturated rings. The summed E-state index contributed by atoms with van der Waals surface area (Å²) in [6.45, 7) is 1.55. The highest BCUT2D eigenvalue weighted by Gasteiger charge is 2.32. The maximum atomic E-state index is 12.9. The molecule has 4 aromatic rings. The summed E-state index contributed by atoms with van der Waals surface area (Å²) in [6.07, 6.45) is -1.68. The van der Waals surface area contributed by atoms with Crippen molar-refractivity contribution in [3.8, 4) is 17.2 Å². The molecule has 0 aliphatic carbocycles. The number of hydrogen-bond acceptors (Lipinski definition) is 7. The van der Waals surface area contributed by atoms with Crippen LogP contribution in [0.4, 0.5) is 19.0 Å². The lowest BCUT2D eigenvalue weighted by Gasteiger charge is -2.16. The normalized spacial score (nSPS) is 11.7. The zero-order valence-electron chi connectivity index (χ0n) is 14.9. The number of H-pyrrole nitrogens is 1. The molecule has 150 valence electrons. The van der Waals surface area contributed by atoms with Crippen LogP contribution in [0.15, 0.2) is 36.8 Å². The first-order valence-electron chi connectivity index (χ1n) is 8.28. The highest BCUT2D eigenvalue weighted by molar-refractivity contribution is 5.78. The SMILES string of the molecule is Cc1cn(-c2ccc(COc3cc(N)nc4[nH]nnc34)c(OC(F)(F)F)c2)cn1. The first-order chi connectivity index (χ1) is 13.8. The van der Waals surface area contributed by atoms with Gasteiger partial charge in [0.1, 0.15) is 18.2 Å². The minimum atomic E-state index is -4.86. The lowest BCUT2D eigenvalue weighted by Crippen LogP contribution is -2.18. The van der Waals surface area contributed by atoms with Crippen LogP contribution in [0.2, 0.25) is 0 Å². The van der Waals surface area contributed by atoms with E-state index in [0.29, 0.717) is 16.9 Å². The second-order valence-electron chi connectivity index (χ2n) is 6.11. The number of nitrogens with one attached hydrogen (secondary N) is 1. The summed E-state index contributed by atoms with van der Waals surface area (Å²) in [5.41, 5.74) is 7.67. The maximum absolute atomic E-state index is 12.9. The molecule has 0 radical (unpaired) electrons. The lowest BCUT2D eigenvalue weighted by molar-refractivity contribution is -0.275. The zero-order chi connectivity index (χ0) is 20.6. The van der Waals surface area contributed by atoms with E-state index in [1.165, 1.54) is 24.5 Å². The number of aromatic nitrogens is 6. The van der Waals surface area contributed by atoms with E-state index in [0.717, 1.165) is 5.69 Å². The van der Waals surface area contributed by atoms with Gasteiger partial charge in [-0.15, -0.1) is 18.3 Å². The minimum absolute atomic E-state index is 0.149. The molecule has 3 heterocycles. The van der Waals surface area contributed by atoms with Crippen molar-refractivity contribution in [2.45, 2.75) is 19.9 Å². The predicted molar refractivity (Wildman–Crippen MR) is 95.4 cm³/mol. The van der Waals surface area contributed by atoms with Gasteiger partial charge in [-0.2, -0.15) is 0 Å². The number of imidazole rings is 1. The van der Waals surface area contributed by atoms with Gasteiger partial charge in [0.2, 0.25) is 0 Å². The number of rotatable bonds is 5. The van der Waals surface area contributed by atoms with Gasteiger partial charge in [-0.1, -0.05) is 5.21 Å². The molecule has 12 heteroatoms. The molecule has 4 rings (SSSR count). The Hall–Kier alpha value is -3.83. The minimum Gasteiger partial charge on any atom is -0.486 e. The Morgan fingerprint density at radius 2 is 2.03 bits per heavy atom. The summed E-state index contributed by atoms with van der Waals surface area (Å²) in [5, 5.41) is 10.0. The van der Waals surface area contributed by atoms with Crippen molar-refractivity contribution in [1.29, 1.82) is 0 Å². The van der Waals surface area contributed by atoms with E-state index in [1.54, 1.807) is 23.8 Å². The summed E-state index contributed by atoms with van der Waals surface area (Å²) >= 11 is 0. The van der Waals surface area contributed by atoms with E-state index in [-0.39, 0.29) is 29.5 Å². The average molecular weight is 405 g/mol. The van der Waals surface area contributed by atoms with E-state index < -0.39 is 6.36 Å². The van der Waals surface area contributed by atoms with Crippen molar-refractivity contribution < 1.29 is 22.6 Å².